The Balaban J connectivity index is 2.46. The number of aromatic nitrogens is 2. The van der Waals surface area contributed by atoms with Crippen LogP contribution < -0.4 is 0 Å². The summed E-state index contributed by atoms with van der Waals surface area (Å²) >= 11 is 1.04. The monoisotopic (exact) mass is 237 g/mol. The highest BCUT2D eigenvalue weighted by Crippen LogP contribution is 2.13. The van der Waals surface area contributed by atoms with Crippen LogP contribution in [0.1, 0.15) is 17.0 Å². The lowest BCUT2D eigenvalue weighted by Gasteiger charge is -2.01. The van der Waals surface area contributed by atoms with Crippen LogP contribution in [0.4, 0.5) is 4.39 Å². The lowest BCUT2D eigenvalue weighted by Crippen LogP contribution is -2.05. The fourth-order valence-electron chi connectivity index (χ4n) is 1.30. The summed E-state index contributed by atoms with van der Waals surface area (Å²) in [6.07, 6.45) is 0. The minimum atomic E-state index is -0.339. The summed E-state index contributed by atoms with van der Waals surface area (Å²) in [6, 6.07) is 5.66. The molecule has 0 bridgehead atoms. The fraction of sp³-hybridized carbons (Fsp3) is 0.100. The van der Waals surface area contributed by atoms with Crippen molar-refractivity contribution in [3.8, 4) is 0 Å². The second kappa shape index (κ2) is 4.36. The molecule has 0 unspecified atom stereocenters. The highest BCUT2D eigenvalue weighted by atomic mass is 32.1. The molecule has 0 fully saturated rings. The first kappa shape index (κ1) is 10.7. The van der Waals surface area contributed by atoms with E-state index in [4.69, 9.17) is 5.21 Å². The van der Waals surface area contributed by atoms with Crippen LogP contribution in [-0.2, 0) is 0 Å². The SMILES string of the molecule is Cc1nsnc1/C(=N/O)c1ccc(F)cc1. The van der Waals surface area contributed by atoms with Gasteiger partial charge in [0.1, 0.15) is 17.2 Å². The van der Waals surface area contributed by atoms with Crippen LogP contribution in [-0.4, -0.2) is 19.7 Å². The number of rotatable bonds is 2. The second-order valence-electron chi connectivity index (χ2n) is 3.15. The van der Waals surface area contributed by atoms with E-state index < -0.39 is 0 Å². The predicted molar refractivity (Wildman–Crippen MR) is 58.5 cm³/mol. The molecule has 0 radical (unpaired) electrons. The third-order valence-corrected chi connectivity index (χ3v) is 2.71. The summed E-state index contributed by atoms with van der Waals surface area (Å²) in [4.78, 5) is 0. The lowest BCUT2D eigenvalue weighted by molar-refractivity contribution is 0.319. The highest BCUT2D eigenvalue weighted by Gasteiger charge is 2.14. The van der Waals surface area contributed by atoms with Crippen LogP contribution in [0.15, 0.2) is 29.4 Å². The molecule has 0 aliphatic rings. The first-order chi connectivity index (χ1) is 7.72. The number of aryl methyl sites for hydroxylation is 1. The van der Waals surface area contributed by atoms with Gasteiger partial charge in [-0.05, 0) is 31.2 Å². The lowest BCUT2D eigenvalue weighted by atomic mass is 10.1. The van der Waals surface area contributed by atoms with E-state index in [2.05, 4.69) is 13.9 Å². The molecule has 16 heavy (non-hydrogen) atoms. The average Bonchev–Trinajstić information content (AvgIpc) is 2.69. The largest absolute Gasteiger partial charge is 0.410 e. The van der Waals surface area contributed by atoms with Crippen LogP contribution in [0.5, 0.6) is 0 Å². The standard InChI is InChI=1S/C10H8FN3OS/c1-6-9(14-16-13-6)10(12-15)7-2-4-8(11)5-3-7/h2-5,15H,1H3/b12-10+. The molecule has 1 aromatic heterocycles. The van der Waals surface area contributed by atoms with Crippen molar-refractivity contribution in [2.75, 3.05) is 0 Å². The van der Waals surface area contributed by atoms with E-state index in [0.29, 0.717) is 22.7 Å². The molecule has 0 spiro atoms. The minimum absolute atomic E-state index is 0.297. The first-order valence-corrected chi connectivity index (χ1v) is 5.23. The summed E-state index contributed by atoms with van der Waals surface area (Å²) in [5.74, 6) is -0.339. The van der Waals surface area contributed by atoms with Gasteiger partial charge in [0.05, 0.1) is 17.4 Å². The van der Waals surface area contributed by atoms with Crippen molar-refractivity contribution in [1.29, 1.82) is 0 Å². The Kier molecular flexibility index (Phi) is 2.91. The van der Waals surface area contributed by atoms with Gasteiger partial charge in [-0.2, -0.15) is 8.75 Å². The van der Waals surface area contributed by atoms with E-state index in [1.165, 1.54) is 24.3 Å². The summed E-state index contributed by atoms with van der Waals surface area (Å²) < 4.78 is 20.8. The molecule has 2 aromatic rings. The van der Waals surface area contributed by atoms with Crippen LogP contribution in [0.25, 0.3) is 0 Å². The van der Waals surface area contributed by atoms with Crippen molar-refractivity contribution in [2.45, 2.75) is 6.92 Å². The molecular weight excluding hydrogens is 229 g/mol. The predicted octanol–water partition coefficient (Wildman–Crippen LogP) is 2.21. The number of hydrogen-bond acceptors (Lipinski definition) is 5. The van der Waals surface area contributed by atoms with Crippen molar-refractivity contribution < 1.29 is 9.60 Å². The van der Waals surface area contributed by atoms with E-state index in [0.717, 1.165) is 11.7 Å². The number of nitrogens with zero attached hydrogens (tertiary/aromatic N) is 3. The van der Waals surface area contributed by atoms with Gasteiger partial charge in [0.15, 0.2) is 0 Å². The van der Waals surface area contributed by atoms with Crippen LogP contribution >= 0.6 is 11.7 Å². The van der Waals surface area contributed by atoms with Crippen molar-refractivity contribution in [3.05, 3.63) is 47.0 Å². The molecular formula is C10H8FN3OS. The maximum Gasteiger partial charge on any atom is 0.138 e. The minimum Gasteiger partial charge on any atom is -0.410 e. The van der Waals surface area contributed by atoms with Gasteiger partial charge in [-0.3, -0.25) is 0 Å². The average molecular weight is 237 g/mol. The fourth-order valence-corrected chi connectivity index (χ4v) is 1.85. The van der Waals surface area contributed by atoms with Gasteiger partial charge in [-0.15, -0.1) is 0 Å². The summed E-state index contributed by atoms with van der Waals surface area (Å²) in [6.45, 7) is 1.77. The zero-order valence-electron chi connectivity index (χ0n) is 8.38. The molecule has 4 nitrogen and oxygen atoms in total. The van der Waals surface area contributed by atoms with Gasteiger partial charge in [0.2, 0.25) is 0 Å². The van der Waals surface area contributed by atoms with Gasteiger partial charge in [-0.1, -0.05) is 5.16 Å². The normalized spacial score (nSPS) is 11.8. The zero-order valence-corrected chi connectivity index (χ0v) is 9.20. The van der Waals surface area contributed by atoms with Gasteiger partial charge in [-0.25, -0.2) is 4.39 Å². The smallest absolute Gasteiger partial charge is 0.138 e. The Morgan fingerprint density at radius 1 is 1.31 bits per heavy atom. The van der Waals surface area contributed by atoms with Crippen LogP contribution in [0.3, 0.4) is 0 Å². The van der Waals surface area contributed by atoms with Crippen LogP contribution in [0, 0.1) is 12.7 Å². The number of halogens is 1. The van der Waals surface area contributed by atoms with E-state index >= 15 is 0 Å². The number of benzene rings is 1. The molecule has 82 valence electrons. The number of hydrogen-bond donors (Lipinski definition) is 1. The summed E-state index contributed by atoms with van der Waals surface area (Å²) in [5.41, 5.74) is 2.09. The third kappa shape index (κ3) is 1.92. The molecule has 0 aliphatic heterocycles. The molecule has 6 heteroatoms. The van der Waals surface area contributed by atoms with Crippen molar-refractivity contribution in [1.82, 2.24) is 8.75 Å². The molecule has 1 N–H and O–H groups in total. The van der Waals surface area contributed by atoms with Gasteiger partial charge in [0, 0.05) is 5.56 Å². The highest BCUT2D eigenvalue weighted by molar-refractivity contribution is 6.99. The Labute approximate surface area is 95.4 Å². The molecule has 0 saturated heterocycles. The third-order valence-electron chi connectivity index (χ3n) is 2.09. The molecule has 1 aromatic carbocycles. The molecule has 0 amide bonds. The van der Waals surface area contributed by atoms with Gasteiger partial charge in [0.25, 0.3) is 0 Å². The molecule has 0 aliphatic carbocycles. The molecule has 1 heterocycles. The van der Waals surface area contributed by atoms with Crippen molar-refractivity contribution in [2.24, 2.45) is 5.16 Å². The molecule has 0 atom stereocenters. The van der Waals surface area contributed by atoms with Gasteiger partial charge < -0.3 is 5.21 Å². The molecule has 2 rings (SSSR count). The second-order valence-corrected chi connectivity index (χ2v) is 3.68. The van der Waals surface area contributed by atoms with Crippen molar-refractivity contribution in [3.63, 3.8) is 0 Å². The maximum atomic E-state index is 12.7. The Morgan fingerprint density at radius 3 is 2.50 bits per heavy atom. The number of oxime groups is 1. The summed E-state index contributed by atoms with van der Waals surface area (Å²) in [5, 5.41) is 12.2. The quantitative estimate of drug-likeness (QED) is 0.495. The van der Waals surface area contributed by atoms with Crippen molar-refractivity contribution >= 4 is 17.4 Å². The Hall–Kier alpha value is -1.82. The first-order valence-electron chi connectivity index (χ1n) is 4.50. The Morgan fingerprint density at radius 2 is 2.00 bits per heavy atom. The van der Waals surface area contributed by atoms with E-state index in [9.17, 15) is 4.39 Å². The van der Waals surface area contributed by atoms with E-state index in [-0.39, 0.29) is 5.82 Å². The van der Waals surface area contributed by atoms with Gasteiger partial charge >= 0.3 is 0 Å². The molecule has 0 saturated carbocycles. The van der Waals surface area contributed by atoms with E-state index in [1.807, 2.05) is 0 Å². The zero-order chi connectivity index (χ0) is 11.5. The summed E-state index contributed by atoms with van der Waals surface area (Å²) in [7, 11) is 0. The Bertz CT molecular complexity index is 521. The van der Waals surface area contributed by atoms with Crippen LogP contribution in [0.2, 0.25) is 0 Å². The van der Waals surface area contributed by atoms with E-state index in [1.54, 1.807) is 6.92 Å². The topological polar surface area (TPSA) is 58.4 Å². The maximum absolute atomic E-state index is 12.7.